The van der Waals surface area contributed by atoms with Gasteiger partial charge in [0, 0.05) is 23.8 Å². The molecule has 116 valence electrons. The molecule has 0 aromatic carbocycles. The van der Waals surface area contributed by atoms with E-state index in [1.807, 2.05) is 13.8 Å². The van der Waals surface area contributed by atoms with Gasteiger partial charge in [-0.25, -0.2) is 8.42 Å². The summed E-state index contributed by atoms with van der Waals surface area (Å²) in [6.45, 7) is 6.96. The van der Waals surface area contributed by atoms with Gasteiger partial charge >= 0.3 is 0 Å². The lowest BCUT2D eigenvalue weighted by molar-refractivity contribution is 0.593. The summed E-state index contributed by atoms with van der Waals surface area (Å²) in [5.74, 6) is 0. The van der Waals surface area contributed by atoms with Gasteiger partial charge < -0.3 is 0 Å². The molecule has 7 heteroatoms. The molecule has 0 amide bonds. The highest BCUT2D eigenvalue weighted by Crippen LogP contribution is 2.23. The number of nitrogens with zero attached hydrogens (tertiary/aromatic N) is 3. The van der Waals surface area contributed by atoms with E-state index >= 15 is 0 Å². The average molecular weight is 318 g/mol. The Labute approximate surface area is 129 Å². The third kappa shape index (κ3) is 3.30. The second-order valence-electron chi connectivity index (χ2n) is 5.00. The molecule has 0 spiro atoms. The third-order valence-corrected chi connectivity index (χ3v) is 5.03. The number of nitrogens with one attached hydrogen (secondary N) is 1. The van der Waals surface area contributed by atoms with Gasteiger partial charge in [-0.3, -0.25) is 15.1 Å². The van der Waals surface area contributed by atoms with E-state index in [4.69, 9.17) is 0 Å². The first-order chi connectivity index (χ1) is 10.3. The molecular weight excluding hydrogens is 300 g/mol. The zero-order valence-corrected chi connectivity index (χ0v) is 13.8. The van der Waals surface area contributed by atoms with Crippen LogP contribution in [0.15, 0.2) is 40.4 Å². The van der Waals surface area contributed by atoms with Crippen molar-refractivity contribution in [2.75, 3.05) is 0 Å². The predicted molar refractivity (Wildman–Crippen MR) is 82.6 cm³/mol. The van der Waals surface area contributed by atoms with Crippen molar-refractivity contribution in [3.63, 3.8) is 0 Å². The van der Waals surface area contributed by atoms with Gasteiger partial charge in [-0.2, -0.15) is 5.10 Å². The molecule has 0 aliphatic rings. The van der Waals surface area contributed by atoms with Crippen LogP contribution in [-0.2, 0) is 9.84 Å². The molecule has 0 radical (unpaired) electrons. The van der Waals surface area contributed by atoms with Crippen molar-refractivity contribution in [2.24, 2.45) is 0 Å². The fourth-order valence-corrected chi connectivity index (χ4v) is 3.75. The number of rotatable bonds is 2. The summed E-state index contributed by atoms with van der Waals surface area (Å²) >= 11 is 0. The normalized spacial score (nSPS) is 11.1. The first-order valence-corrected chi connectivity index (χ1v) is 8.21. The molecule has 0 saturated heterocycles. The van der Waals surface area contributed by atoms with Gasteiger partial charge in [-0.05, 0) is 45.9 Å². The van der Waals surface area contributed by atoms with Gasteiger partial charge in [-0.1, -0.05) is 0 Å². The van der Waals surface area contributed by atoms with E-state index < -0.39 is 9.84 Å². The van der Waals surface area contributed by atoms with E-state index in [-0.39, 0.29) is 9.79 Å². The van der Waals surface area contributed by atoms with Gasteiger partial charge in [0.25, 0.3) is 0 Å². The van der Waals surface area contributed by atoms with Crippen molar-refractivity contribution in [3.8, 4) is 0 Å². The molecule has 2 rings (SSSR count). The standard InChI is InChI=1S/C15H18N4O2S/c1-10-8-11(2)18-19-13(4)15(12(3)17-10)22(20,21)14-6-5-7-16-9-14/h5-9,18H,1-4H3. The lowest BCUT2D eigenvalue weighted by Crippen LogP contribution is -2.08. The van der Waals surface area contributed by atoms with Gasteiger partial charge in [-0.15, -0.1) is 0 Å². The first-order valence-electron chi connectivity index (χ1n) is 6.72. The van der Waals surface area contributed by atoms with E-state index in [1.54, 1.807) is 26.0 Å². The largest absolute Gasteiger partial charge is 0.283 e. The molecule has 0 aliphatic heterocycles. The molecule has 0 unspecified atom stereocenters. The van der Waals surface area contributed by atoms with Crippen LogP contribution < -0.4 is 0 Å². The van der Waals surface area contributed by atoms with Crippen molar-refractivity contribution in [3.05, 3.63) is 53.4 Å². The number of hydrogen-bond donors (Lipinski definition) is 1. The van der Waals surface area contributed by atoms with E-state index in [9.17, 15) is 8.42 Å². The zero-order chi connectivity index (χ0) is 16.3. The number of pyridine rings is 1. The molecule has 0 bridgehead atoms. The molecule has 1 N–H and O–H groups in total. The number of H-pyrrole nitrogens is 1. The monoisotopic (exact) mass is 318 g/mol. The Kier molecular flexibility index (Phi) is 4.56. The number of aromatic amines is 1. The predicted octanol–water partition coefficient (Wildman–Crippen LogP) is 2.39. The van der Waals surface area contributed by atoms with E-state index in [0.717, 1.165) is 5.69 Å². The van der Waals surface area contributed by atoms with Gasteiger partial charge in [0.05, 0.1) is 16.3 Å². The van der Waals surface area contributed by atoms with Crippen LogP contribution in [0.1, 0.15) is 22.8 Å². The van der Waals surface area contributed by atoms with Crippen molar-refractivity contribution < 1.29 is 8.42 Å². The van der Waals surface area contributed by atoms with Crippen LogP contribution in [0.2, 0.25) is 0 Å². The SMILES string of the molecule is Cc1cc(C)[nH]nc(C)c(S(=O)(=O)c2cccnc2)c(C)n1. The third-order valence-electron chi connectivity index (χ3n) is 3.04. The van der Waals surface area contributed by atoms with Crippen molar-refractivity contribution in [1.29, 1.82) is 0 Å². The van der Waals surface area contributed by atoms with Crippen molar-refractivity contribution >= 4 is 9.84 Å². The molecule has 0 fully saturated rings. The Balaban J connectivity index is 2.87. The summed E-state index contributed by atoms with van der Waals surface area (Å²) in [7, 11) is -3.74. The fraction of sp³-hybridized carbons (Fsp3) is 0.267. The summed E-state index contributed by atoms with van der Waals surface area (Å²) in [6, 6.07) is 4.90. The quantitative estimate of drug-likeness (QED) is 0.918. The summed E-state index contributed by atoms with van der Waals surface area (Å²) in [4.78, 5) is 8.46. The number of aromatic nitrogens is 4. The van der Waals surface area contributed by atoms with E-state index in [0.29, 0.717) is 17.1 Å². The van der Waals surface area contributed by atoms with E-state index in [1.165, 1.54) is 18.5 Å². The fourth-order valence-electron chi connectivity index (χ4n) is 2.19. The maximum atomic E-state index is 12.9. The highest BCUT2D eigenvalue weighted by atomic mass is 32.2. The lowest BCUT2D eigenvalue weighted by atomic mass is 10.3. The van der Waals surface area contributed by atoms with Gasteiger partial charge in [0.15, 0.2) is 0 Å². The molecule has 2 aromatic heterocycles. The van der Waals surface area contributed by atoms with Crippen molar-refractivity contribution in [2.45, 2.75) is 37.5 Å². The minimum atomic E-state index is -3.74. The van der Waals surface area contributed by atoms with Gasteiger partial charge in [0.1, 0.15) is 4.90 Å². The number of hydrogen-bond acceptors (Lipinski definition) is 5. The first kappa shape index (κ1) is 16.1. The maximum Gasteiger partial charge on any atom is 0.211 e. The molecule has 0 atom stereocenters. The highest BCUT2D eigenvalue weighted by molar-refractivity contribution is 7.91. The van der Waals surface area contributed by atoms with Gasteiger partial charge in [0.2, 0.25) is 9.84 Å². The van der Waals surface area contributed by atoms with E-state index in [2.05, 4.69) is 20.2 Å². The van der Waals surface area contributed by atoms with Crippen LogP contribution >= 0.6 is 0 Å². The minimum absolute atomic E-state index is 0.0930. The molecule has 22 heavy (non-hydrogen) atoms. The molecule has 2 heterocycles. The number of aryl methyl sites for hydroxylation is 4. The molecule has 6 nitrogen and oxygen atoms in total. The van der Waals surface area contributed by atoms with Crippen LogP contribution in [-0.4, -0.2) is 28.6 Å². The second-order valence-corrected chi connectivity index (χ2v) is 6.88. The summed E-state index contributed by atoms with van der Waals surface area (Å²) < 4.78 is 25.8. The van der Waals surface area contributed by atoms with Crippen LogP contribution in [0, 0.1) is 27.7 Å². The van der Waals surface area contributed by atoms with Crippen LogP contribution in [0.4, 0.5) is 0 Å². The minimum Gasteiger partial charge on any atom is -0.283 e. The van der Waals surface area contributed by atoms with Crippen LogP contribution in [0.5, 0.6) is 0 Å². The Bertz CT molecular complexity index is 841. The average Bonchev–Trinajstić information content (AvgIpc) is 2.49. The summed E-state index contributed by atoms with van der Waals surface area (Å²) in [5, 5.41) is 6.98. The topological polar surface area (TPSA) is 88.6 Å². The smallest absolute Gasteiger partial charge is 0.211 e. The summed E-state index contributed by atoms with van der Waals surface area (Å²) in [5.41, 5.74) is 2.24. The molecule has 0 saturated carbocycles. The Morgan fingerprint density at radius 3 is 2.45 bits per heavy atom. The van der Waals surface area contributed by atoms with Crippen molar-refractivity contribution in [1.82, 2.24) is 20.2 Å². The maximum absolute atomic E-state index is 12.9. The second kappa shape index (κ2) is 6.23. The zero-order valence-electron chi connectivity index (χ0n) is 13.0. The molecule has 2 aromatic rings. The highest BCUT2D eigenvalue weighted by Gasteiger charge is 2.23. The Hall–Kier alpha value is -2.28. The van der Waals surface area contributed by atoms with Crippen LogP contribution in [0.3, 0.4) is 0 Å². The summed E-state index contributed by atoms with van der Waals surface area (Å²) in [6.07, 6.45) is 2.85. The Morgan fingerprint density at radius 2 is 1.82 bits per heavy atom. The number of sulfone groups is 1. The molecule has 0 aliphatic carbocycles. The Morgan fingerprint density at radius 1 is 1.09 bits per heavy atom. The van der Waals surface area contributed by atoms with Crippen LogP contribution in [0.25, 0.3) is 0 Å². The lowest BCUT2D eigenvalue weighted by Gasteiger charge is -2.07. The molecular formula is C15H18N4O2S.